The number of halogens is 1. The van der Waals surface area contributed by atoms with E-state index < -0.39 is 4.92 Å². The van der Waals surface area contributed by atoms with Gasteiger partial charge in [0.15, 0.2) is 5.78 Å². The molecule has 124 valence electrons. The average Bonchev–Trinajstić information content (AvgIpc) is 2.64. The zero-order chi connectivity index (χ0) is 17.8. The van der Waals surface area contributed by atoms with Gasteiger partial charge in [-0.1, -0.05) is 41.9 Å². The third kappa shape index (κ3) is 3.81. The van der Waals surface area contributed by atoms with E-state index in [4.69, 9.17) is 16.3 Å². The van der Waals surface area contributed by atoms with E-state index >= 15 is 0 Å². The van der Waals surface area contributed by atoms with Crippen LogP contribution in [0.2, 0.25) is 5.15 Å². The number of hydrogen-bond acceptors (Lipinski definition) is 5. The maximum atomic E-state index is 12.4. The van der Waals surface area contributed by atoms with Crippen LogP contribution in [0.3, 0.4) is 0 Å². The van der Waals surface area contributed by atoms with Gasteiger partial charge in [-0.3, -0.25) is 14.9 Å². The summed E-state index contributed by atoms with van der Waals surface area (Å²) < 4.78 is 5.49. The standard InChI is InChI=1S/C18H11ClN2O4/c19-17-9-7-14(11-20-17)25-16-8-6-13(10-15(16)21(23)24)18(22)12-4-2-1-3-5-12/h1-11H. The molecule has 3 aromatic rings. The molecule has 6 nitrogen and oxygen atoms in total. The third-order valence-electron chi connectivity index (χ3n) is 3.38. The number of carbonyl (C=O) groups excluding carboxylic acids is 1. The summed E-state index contributed by atoms with van der Waals surface area (Å²) in [7, 11) is 0. The van der Waals surface area contributed by atoms with E-state index in [0.717, 1.165) is 0 Å². The molecule has 0 spiro atoms. The Morgan fingerprint density at radius 3 is 2.44 bits per heavy atom. The minimum absolute atomic E-state index is 0.0127. The molecule has 0 saturated heterocycles. The Labute approximate surface area is 147 Å². The fourth-order valence-corrected chi connectivity index (χ4v) is 2.31. The molecule has 0 aliphatic carbocycles. The van der Waals surface area contributed by atoms with Crippen molar-refractivity contribution < 1.29 is 14.5 Å². The first kappa shape index (κ1) is 16.6. The number of aromatic nitrogens is 1. The van der Waals surface area contributed by atoms with Crippen LogP contribution in [-0.2, 0) is 0 Å². The van der Waals surface area contributed by atoms with Crippen LogP contribution in [0, 0.1) is 10.1 Å². The first-order chi connectivity index (χ1) is 12.0. The lowest BCUT2D eigenvalue weighted by molar-refractivity contribution is -0.385. The van der Waals surface area contributed by atoms with Crippen molar-refractivity contribution in [2.24, 2.45) is 0 Å². The highest BCUT2D eigenvalue weighted by molar-refractivity contribution is 6.29. The average molecular weight is 355 g/mol. The largest absolute Gasteiger partial charge is 0.449 e. The second-order valence-corrected chi connectivity index (χ2v) is 5.44. The summed E-state index contributed by atoms with van der Waals surface area (Å²) in [6.07, 6.45) is 1.36. The predicted octanol–water partition coefficient (Wildman–Crippen LogP) is 4.67. The number of nitro groups is 1. The van der Waals surface area contributed by atoms with Crippen LogP contribution in [-0.4, -0.2) is 15.7 Å². The molecule has 0 unspecified atom stereocenters. The van der Waals surface area contributed by atoms with Crippen LogP contribution in [0.25, 0.3) is 0 Å². The summed E-state index contributed by atoms with van der Waals surface area (Å²) >= 11 is 5.70. The van der Waals surface area contributed by atoms with Gasteiger partial charge in [0.25, 0.3) is 0 Å². The molecular formula is C18H11ClN2O4. The Morgan fingerprint density at radius 2 is 1.80 bits per heavy atom. The van der Waals surface area contributed by atoms with E-state index in [1.54, 1.807) is 36.4 Å². The summed E-state index contributed by atoms with van der Waals surface area (Å²) in [5.74, 6) is 0.0109. The quantitative estimate of drug-likeness (QED) is 0.288. The van der Waals surface area contributed by atoms with Crippen molar-refractivity contribution in [2.75, 3.05) is 0 Å². The summed E-state index contributed by atoms with van der Waals surface area (Å²) in [5, 5.41) is 11.6. The molecule has 0 aliphatic rings. The maximum absolute atomic E-state index is 12.4. The van der Waals surface area contributed by atoms with Crippen molar-refractivity contribution in [2.45, 2.75) is 0 Å². The van der Waals surface area contributed by atoms with E-state index in [1.165, 1.54) is 30.5 Å². The minimum atomic E-state index is -0.597. The number of benzene rings is 2. The molecule has 0 amide bonds. The minimum Gasteiger partial charge on any atom is -0.449 e. The number of ketones is 1. The molecule has 25 heavy (non-hydrogen) atoms. The third-order valence-corrected chi connectivity index (χ3v) is 3.61. The summed E-state index contributed by atoms with van der Waals surface area (Å²) in [6.45, 7) is 0. The Hall–Kier alpha value is -3.25. The van der Waals surface area contributed by atoms with Crippen LogP contribution in [0.15, 0.2) is 66.9 Å². The fourth-order valence-electron chi connectivity index (χ4n) is 2.19. The number of nitrogens with zero attached hydrogens (tertiary/aromatic N) is 2. The monoisotopic (exact) mass is 354 g/mol. The van der Waals surface area contributed by atoms with Gasteiger partial charge in [-0.05, 0) is 24.3 Å². The van der Waals surface area contributed by atoms with Gasteiger partial charge in [0.05, 0.1) is 11.1 Å². The van der Waals surface area contributed by atoms with Gasteiger partial charge in [-0.15, -0.1) is 0 Å². The highest BCUT2D eigenvalue weighted by Crippen LogP contribution is 2.32. The lowest BCUT2D eigenvalue weighted by Crippen LogP contribution is -2.03. The lowest BCUT2D eigenvalue weighted by atomic mass is 10.0. The molecule has 0 bridgehead atoms. The summed E-state index contributed by atoms with van der Waals surface area (Å²) in [5.41, 5.74) is 0.351. The molecule has 0 atom stereocenters. The lowest BCUT2D eigenvalue weighted by Gasteiger charge is -2.07. The van der Waals surface area contributed by atoms with Gasteiger partial charge in [0.1, 0.15) is 10.9 Å². The molecule has 0 fully saturated rings. The number of pyridine rings is 1. The molecular weight excluding hydrogens is 344 g/mol. The van der Waals surface area contributed by atoms with Gasteiger partial charge in [0, 0.05) is 17.2 Å². The number of nitro benzene ring substituents is 1. The first-order valence-corrected chi connectivity index (χ1v) is 7.60. The van der Waals surface area contributed by atoms with E-state index in [1.807, 2.05) is 0 Å². The molecule has 0 radical (unpaired) electrons. The van der Waals surface area contributed by atoms with Crippen molar-refractivity contribution in [3.63, 3.8) is 0 Å². The Bertz CT molecular complexity index is 928. The maximum Gasteiger partial charge on any atom is 0.312 e. The zero-order valence-electron chi connectivity index (χ0n) is 12.8. The van der Waals surface area contributed by atoms with Gasteiger partial charge in [-0.25, -0.2) is 4.98 Å². The molecule has 1 heterocycles. The van der Waals surface area contributed by atoms with Crippen molar-refractivity contribution in [3.8, 4) is 11.5 Å². The molecule has 0 aliphatic heterocycles. The van der Waals surface area contributed by atoms with Crippen molar-refractivity contribution in [3.05, 3.63) is 93.3 Å². The number of hydrogen-bond donors (Lipinski definition) is 0. The molecule has 0 N–H and O–H groups in total. The van der Waals surface area contributed by atoms with E-state index in [0.29, 0.717) is 11.3 Å². The second-order valence-electron chi connectivity index (χ2n) is 5.05. The molecule has 3 rings (SSSR count). The van der Waals surface area contributed by atoms with Crippen molar-refractivity contribution in [1.29, 1.82) is 0 Å². The molecule has 1 aromatic heterocycles. The van der Waals surface area contributed by atoms with Crippen LogP contribution in [0.1, 0.15) is 15.9 Å². The fraction of sp³-hybridized carbons (Fsp3) is 0. The SMILES string of the molecule is O=C(c1ccccc1)c1ccc(Oc2ccc(Cl)nc2)c([N+](=O)[O-])c1. The van der Waals surface area contributed by atoms with E-state index in [9.17, 15) is 14.9 Å². The normalized spacial score (nSPS) is 10.3. The highest BCUT2D eigenvalue weighted by Gasteiger charge is 2.20. The van der Waals surface area contributed by atoms with Crippen LogP contribution < -0.4 is 4.74 Å². The van der Waals surface area contributed by atoms with E-state index in [2.05, 4.69) is 4.98 Å². The summed E-state index contributed by atoms with van der Waals surface area (Å²) in [6, 6.07) is 15.7. The number of rotatable bonds is 5. The van der Waals surface area contributed by atoms with Gasteiger partial charge < -0.3 is 4.74 Å². The highest BCUT2D eigenvalue weighted by atomic mass is 35.5. The van der Waals surface area contributed by atoms with Crippen molar-refractivity contribution >= 4 is 23.1 Å². The predicted molar refractivity (Wildman–Crippen MR) is 92.3 cm³/mol. The van der Waals surface area contributed by atoms with Gasteiger partial charge in [-0.2, -0.15) is 0 Å². The van der Waals surface area contributed by atoms with Crippen LogP contribution in [0.4, 0.5) is 5.69 Å². The van der Waals surface area contributed by atoms with E-state index in [-0.39, 0.29) is 27.9 Å². The van der Waals surface area contributed by atoms with Crippen molar-refractivity contribution in [1.82, 2.24) is 4.98 Å². The smallest absolute Gasteiger partial charge is 0.312 e. The number of carbonyl (C=O) groups is 1. The van der Waals surface area contributed by atoms with Crippen LogP contribution in [0.5, 0.6) is 11.5 Å². The Balaban J connectivity index is 1.94. The molecule has 0 saturated carbocycles. The molecule has 7 heteroatoms. The number of ether oxygens (including phenoxy) is 1. The zero-order valence-corrected chi connectivity index (χ0v) is 13.5. The van der Waals surface area contributed by atoms with Gasteiger partial charge >= 0.3 is 5.69 Å². The Morgan fingerprint density at radius 1 is 1.04 bits per heavy atom. The van der Waals surface area contributed by atoms with Gasteiger partial charge in [0.2, 0.25) is 5.75 Å². The first-order valence-electron chi connectivity index (χ1n) is 7.22. The second kappa shape index (κ2) is 7.11. The molecule has 2 aromatic carbocycles. The topological polar surface area (TPSA) is 82.3 Å². The Kier molecular flexibility index (Phi) is 4.72. The van der Waals surface area contributed by atoms with Crippen LogP contribution >= 0.6 is 11.6 Å². The summed E-state index contributed by atoms with van der Waals surface area (Å²) in [4.78, 5) is 27.1.